The highest BCUT2D eigenvalue weighted by molar-refractivity contribution is 7.89. The molecule has 0 atom stereocenters. The van der Waals surface area contributed by atoms with Gasteiger partial charge in [0.1, 0.15) is 6.61 Å². The second kappa shape index (κ2) is 10.2. The summed E-state index contributed by atoms with van der Waals surface area (Å²) in [7, 11) is -3.54. The number of rotatable bonds is 10. The molecule has 0 radical (unpaired) electrons. The molecule has 7 nitrogen and oxygen atoms in total. The number of carbonyl (C=O) groups excluding carboxylic acids is 1. The van der Waals surface area contributed by atoms with Gasteiger partial charge in [-0.1, -0.05) is 38.1 Å². The van der Waals surface area contributed by atoms with E-state index in [1.165, 1.54) is 22.5 Å². The minimum absolute atomic E-state index is 0.0248. The molecule has 2 aromatic carbocycles. The van der Waals surface area contributed by atoms with Crippen LogP contribution in [0.5, 0.6) is 0 Å². The van der Waals surface area contributed by atoms with E-state index in [0.717, 1.165) is 10.1 Å². The first-order valence-electron chi connectivity index (χ1n) is 10.3. The summed E-state index contributed by atoms with van der Waals surface area (Å²) in [5.74, 6) is -0.585. The van der Waals surface area contributed by atoms with E-state index in [-0.39, 0.29) is 29.3 Å². The van der Waals surface area contributed by atoms with Crippen LogP contribution >= 0.6 is 0 Å². The third-order valence-corrected chi connectivity index (χ3v) is 7.17. The average Bonchev–Trinajstić information content (AvgIpc) is 3.16. The molecule has 1 aromatic heterocycles. The van der Waals surface area contributed by atoms with Gasteiger partial charge in [-0.15, -0.1) is 0 Å². The highest BCUT2D eigenvalue weighted by Crippen LogP contribution is 2.23. The van der Waals surface area contributed by atoms with Crippen LogP contribution in [0.1, 0.15) is 38.2 Å². The van der Waals surface area contributed by atoms with Crippen molar-refractivity contribution in [2.45, 2.75) is 44.7 Å². The normalized spacial score (nSPS) is 12.1. The first kappa shape index (κ1) is 23.8. The van der Waals surface area contributed by atoms with E-state index in [9.17, 15) is 22.0 Å². The molecule has 0 aliphatic carbocycles. The van der Waals surface area contributed by atoms with Crippen molar-refractivity contribution < 1.29 is 26.7 Å². The lowest BCUT2D eigenvalue weighted by Crippen LogP contribution is -2.30. The fourth-order valence-electron chi connectivity index (χ4n) is 3.42. The third-order valence-electron chi connectivity index (χ3n) is 5.11. The molecule has 32 heavy (non-hydrogen) atoms. The van der Waals surface area contributed by atoms with Crippen LogP contribution in [0.3, 0.4) is 0 Å². The van der Waals surface area contributed by atoms with Crippen LogP contribution in [0.25, 0.3) is 11.0 Å². The molecule has 0 fully saturated rings. The molecule has 0 saturated carbocycles. The maximum Gasteiger partial charge on any atom is 0.320 e. The van der Waals surface area contributed by atoms with Gasteiger partial charge in [0.2, 0.25) is 10.0 Å². The van der Waals surface area contributed by atoms with Crippen LogP contribution in [0.15, 0.2) is 53.4 Å². The van der Waals surface area contributed by atoms with E-state index in [0.29, 0.717) is 25.0 Å². The SMILES string of the molecule is CCN(CC)S(=O)(=O)c1ccc(CCC(=O)OCc2nc3ccccc3n2C(F)F)cc1. The van der Waals surface area contributed by atoms with Gasteiger partial charge in [-0.05, 0) is 36.2 Å². The first-order chi connectivity index (χ1) is 15.3. The van der Waals surface area contributed by atoms with Crippen LogP contribution in [-0.4, -0.2) is 41.3 Å². The summed E-state index contributed by atoms with van der Waals surface area (Å²) in [6, 6.07) is 12.8. The molecule has 0 aliphatic heterocycles. The summed E-state index contributed by atoms with van der Waals surface area (Å²) < 4.78 is 59.2. The molecular formula is C22H25F2N3O4S. The van der Waals surface area contributed by atoms with Gasteiger partial charge in [0, 0.05) is 19.5 Å². The van der Waals surface area contributed by atoms with E-state index in [2.05, 4.69) is 4.98 Å². The molecule has 0 N–H and O–H groups in total. The van der Waals surface area contributed by atoms with Gasteiger partial charge in [-0.2, -0.15) is 13.1 Å². The predicted octanol–water partition coefficient (Wildman–Crippen LogP) is 4.14. The Morgan fingerprint density at radius 3 is 2.38 bits per heavy atom. The second-order valence-corrected chi connectivity index (χ2v) is 9.00. The Kier molecular flexibility index (Phi) is 7.57. The zero-order valence-corrected chi connectivity index (χ0v) is 18.7. The lowest BCUT2D eigenvalue weighted by molar-refractivity contribution is -0.145. The van der Waals surface area contributed by atoms with E-state index in [1.807, 2.05) is 0 Å². The molecule has 0 bridgehead atoms. The lowest BCUT2D eigenvalue weighted by Gasteiger charge is -2.18. The number of hydrogen-bond donors (Lipinski definition) is 0. The number of sulfonamides is 1. The maximum absolute atomic E-state index is 13.4. The number of hydrogen-bond acceptors (Lipinski definition) is 5. The Morgan fingerprint density at radius 1 is 1.09 bits per heavy atom. The smallest absolute Gasteiger partial charge is 0.320 e. The molecule has 0 amide bonds. The van der Waals surface area contributed by atoms with Crippen molar-refractivity contribution in [1.29, 1.82) is 0 Å². The number of para-hydroxylation sites is 2. The number of alkyl halides is 2. The third kappa shape index (κ3) is 5.13. The number of carbonyl (C=O) groups is 1. The number of imidazole rings is 1. The van der Waals surface area contributed by atoms with E-state index in [1.54, 1.807) is 44.2 Å². The van der Waals surface area contributed by atoms with Crippen molar-refractivity contribution in [2.24, 2.45) is 0 Å². The molecule has 3 rings (SSSR count). The van der Waals surface area contributed by atoms with Gasteiger partial charge in [0.25, 0.3) is 0 Å². The Bertz CT molecular complexity index is 1170. The highest BCUT2D eigenvalue weighted by Gasteiger charge is 2.21. The van der Waals surface area contributed by atoms with Crippen LogP contribution in [-0.2, 0) is 32.6 Å². The molecule has 0 aliphatic rings. The van der Waals surface area contributed by atoms with E-state index < -0.39 is 22.5 Å². The largest absolute Gasteiger partial charge is 0.457 e. The molecule has 0 unspecified atom stereocenters. The van der Waals surface area contributed by atoms with E-state index in [4.69, 9.17) is 4.74 Å². The van der Waals surface area contributed by atoms with E-state index >= 15 is 0 Å². The Balaban J connectivity index is 1.59. The van der Waals surface area contributed by atoms with Crippen molar-refractivity contribution in [3.05, 3.63) is 59.9 Å². The fraction of sp³-hybridized carbons (Fsp3) is 0.364. The maximum atomic E-state index is 13.4. The summed E-state index contributed by atoms with van der Waals surface area (Å²) in [5, 5.41) is 0. The monoisotopic (exact) mass is 465 g/mol. The number of ether oxygens (including phenoxy) is 1. The van der Waals surface area contributed by atoms with Crippen molar-refractivity contribution >= 4 is 27.0 Å². The lowest BCUT2D eigenvalue weighted by atomic mass is 10.1. The number of nitrogens with zero attached hydrogens (tertiary/aromatic N) is 3. The van der Waals surface area contributed by atoms with Crippen molar-refractivity contribution in [2.75, 3.05) is 13.1 Å². The number of esters is 1. The Morgan fingerprint density at radius 2 is 1.75 bits per heavy atom. The fourth-order valence-corrected chi connectivity index (χ4v) is 4.88. The van der Waals surface area contributed by atoms with Gasteiger partial charge >= 0.3 is 12.5 Å². The van der Waals surface area contributed by atoms with Crippen molar-refractivity contribution in [1.82, 2.24) is 13.9 Å². The summed E-state index contributed by atoms with van der Waals surface area (Å²) >= 11 is 0. The minimum atomic E-state index is -3.54. The van der Waals surface area contributed by atoms with Gasteiger partial charge in [0.05, 0.1) is 15.9 Å². The molecule has 1 heterocycles. The minimum Gasteiger partial charge on any atom is -0.457 e. The number of benzene rings is 2. The van der Waals surface area contributed by atoms with Crippen LogP contribution < -0.4 is 0 Å². The van der Waals surface area contributed by atoms with Crippen LogP contribution in [0, 0.1) is 0 Å². The number of halogens is 2. The number of fused-ring (bicyclic) bond motifs is 1. The molecule has 3 aromatic rings. The zero-order chi connectivity index (χ0) is 23.3. The van der Waals surface area contributed by atoms with Gasteiger partial charge < -0.3 is 4.74 Å². The van der Waals surface area contributed by atoms with Crippen molar-refractivity contribution in [3.63, 3.8) is 0 Å². The average molecular weight is 466 g/mol. The summed E-state index contributed by atoms with van der Waals surface area (Å²) in [6.07, 6.45) is 0.354. The highest BCUT2D eigenvalue weighted by atomic mass is 32.2. The second-order valence-electron chi connectivity index (χ2n) is 7.06. The molecular weight excluding hydrogens is 440 g/mol. The Labute approximate surface area is 185 Å². The van der Waals surface area contributed by atoms with Gasteiger partial charge in [-0.25, -0.2) is 13.4 Å². The summed E-state index contributed by atoms with van der Waals surface area (Å²) in [6.45, 7) is 1.15. The molecule has 172 valence electrons. The zero-order valence-electron chi connectivity index (χ0n) is 17.9. The van der Waals surface area contributed by atoms with Gasteiger partial charge in [-0.3, -0.25) is 9.36 Å². The number of aryl methyl sites for hydroxylation is 1. The predicted molar refractivity (Wildman–Crippen MR) is 116 cm³/mol. The topological polar surface area (TPSA) is 81.5 Å². The number of aromatic nitrogens is 2. The Hall–Kier alpha value is -2.85. The summed E-state index contributed by atoms with van der Waals surface area (Å²) in [4.78, 5) is 16.5. The molecule has 10 heteroatoms. The van der Waals surface area contributed by atoms with Crippen molar-refractivity contribution in [3.8, 4) is 0 Å². The first-order valence-corrected chi connectivity index (χ1v) is 11.7. The van der Waals surface area contributed by atoms with Gasteiger partial charge in [0.15, 0.2) is 5.82 Å². The molecule has 0 spiro atoms. The van der Waals surface area contributed by atoms with Crippen LogP contribution in [0.2, 0.25) is 0 Å². The quantitative estimate of drug-likeness (QED) is 0.421. The van der Waals surface area contributed by atoms with Crippen LogP contribution in [0.4, 0.5) is 8.78 Å². The standard InChI is InChI=1S/C22H25F2N3O4S/c1-3-26(4-2)32(29,30)17-12-9-16(10-13-17)11-14-21(28)31-15-20-25-18-7-5-6-8-19(18)27(20)22(23)24/h5-10,12-13,22H,3-4,11,14-15H2,1-2H3. The molecule has 0 saturated heterocycles. The summed E-state index contributed by atoms with van der Waals surface area (Å²) in [5.41, 5.74) is 1.44.